The summed E-state index contributed by atoms with van der Waals surface area (Å²) in [5.41, 5.74) is -6.31. The van der Waals surface area contributed by atoms with Gasteiger partial charge in [0.05, 0.1) is 0 Å². The van der Waals surface area contributed by atoms with E-state index in [9.17, 15) is 39.5 Å². The minimum Gasteiger partial charge on any atom is -0.215 e. The zero-order valence-electron chi connectivity index (χ0n) is 6.28. The molecule has 0 aliphatic carbocycles. The van der Waals surface area contributed by atoms with E-state index in [-0.39, 0.29) is 22.6 Å². The predicted molar refractivity (Wildman–Crippen MR) is 39.2 cm³/mol. The average Bonchev–Trinajstić information content (AvgIpc) is 1.96. The highest BCUT2D eigenvalue weighted by atomic mass is 127. The summed E-state index contributed by atoms with van der Waals surface area (Å²) in [6.07, 6.45) is -13.3. The first-order chi connectivity index (χ1) is 6.35. The molecule has 0 spiro atoms. The van der Waals surface area contributed by atoms with Crippen LogP contribution in [0.1, 0.15) is 0 Å². The molecule has 0 aromatic heterocycles. The van der Waals surface area contributed by atoms with Crippen LogP contribution in [0.25, 0.3) is 0 Å². The van der Waals surface area contributed by atoms with Gasteiger partial charge in [-0.25, -0.2) is 8.78 Å². The van der Waals surface area contributed by atoms with E-state index in [0.29, 0.717) is 0 Å². The lowest BCUT2D eigenvalue weighted by molar-refractivity contribution is -0.331. The van der Waals surface area contributed by atoms with Crippen molar-refractivity contribution >= 4 is 22.6 Å². The summed E-state index contributed by atoms with van der Waals surface area (Å²) in [6, 6.07) is 0. The first-order valence-electron chi connectivity index (χ1n) is 2.89. The van der Waals surface area contributed by atoms with Gasteiger partial charge in [-0.15, -0.1) is 0 Å². The minimum atomic E-state index is -6.63. The number of halogens is 10. The zero-order valence-corrected chi connectivity index (χ0v) is 8.44. The highest BCUT2D eigenvalue weighted by molar-refractivity contribution is 14.1. The van der Waals surface area contributed by atoms with Gasteiger partial charge in [0, 0.05) is 0 Å². The van der Waals surface area contributed by atoms with Crippen LogP contribution >= 0.6 is 22.6 Å². The fourth-order valence-electron chi connectivity index (χ4n) is 0.540. The molecule has 0 N–H and O–H groups in total. The summed E-state index contributed by atoms with van der Waals surface area (Å²) in [4.78, 5) is 0. The second kappa shape index (κ2) is 4.01. The molecule has 0 aliphatic rings. The van der Waals surface area contributed by atoms with Gasteiger partial charge in [0.2, 0.25) is 0 Å². The van der Waals surface area contributed by atoms with Gasteiger partial charge in [0.25, 0.3) is 0 Å². The number of allylic oxidation sites excluding steroid dienone is 1. The molecule has 0 nitrogen and oxygen atoms in total. The highest BCUT2D eigenvalue weighted by Crippen LogP contribution is 2.52. The summed E-state index contributed by atoms with van der Waals surface area (Å²) < 4.78 is 104. The normalized spacial score (nSPS) is 16.4. The molecule has 0 unspecified atom stereocenters. The molecule has 0 atom stereocenters. The van der Waals surface area contributed by atoms with Crippen molar-refractivity contribution in [2.24, 2.45) is 0 Å². The van der Waals surface area contributed by atoms with Crippen LogP contribution in [0.15, 0.2) is 9.66 Å². The summed E-state index contributed by atoms with van der Waals surface area (Å²) >= 11 is 0.172. The average molecular weight is 358 g/mol. The molecule has 0 aromatic carbocycles. The van der Waals surface area contributed by atoms with Crippen molar-refractivity contribution in [1.82, 2.24) is 0 Å². The van der Waals surface area contributed by atoms with Crippen LogP contribution in [0.5, 0.6) is 0 Å². The maximum atomic E-state index is 12.5. The smallest absolute Gasteiger partial charge is 0.215 e. The van der Waals surface area contributed by atoms with Crippen molar-refractivity contribution in [2.75, 3.05) is 0 Å². The number of alkyl halides is 7. The quantitative estimate of drug-likeness (QED) is 0.483. The Kier molecular flexibility index (Phi) is 3.97. The third-order valence-corrected chi connectivity index (χ3v) is 1.72. The molecule has 0 radical (unpaired) electrons. The largest absolute Gasteiger partial charge is 0.438 e. The fourth-order valence-corrected chi connectivity index (χ4v) is 0.911. The van der Waals surface area contributed by atoms with E-state index in [2.05, 4.69) is 0 Å². The number of hydrogen-bond acceptors (Lipinski definition) is 0. The zero-order chi connectivity index (χ0) is 12.7. The van der Waals surface area contributed by atoms with E-state index in [1.54, 1.807) is 0 Å². The van der Waals surface area contributed by atoms with Crippen molar-refractivity contribution in [3.05, 3.63) is 9.66 Å². The maximum absolute atomic E-state index is 12.5. The Labute approximate surface area is 90.3 Å². The summed E-state index contributed by atoms with van der Waals surface area (Å²) in [5.74, 6) is -3.55. The second-order valence-corrected chi connectivity index (χ2v) is 3.18. The van der Waals surface area contributed by atoms with Crippen LogP contribution in [-0.2, 0) is 0 Å². The van der Waals surface area contributed by atoms with Crippen molar-refractivity contribution in [2.45, 2.75) is 18.0 Å². The Bertz CT molecular complexity index is 253. The highest BCUT2D eigenvalue weighted by Gasteiger charge is 2.76. The molecule has 0 fully saturated rings. The van der Waals surface area contributed by atoms with Gasteiger partial charge >= 0.3 is 18.0 Å². The molecule has 0 rings (SSSR count). The monoisotopic (exact) mass is 358 g/mol. The lowest BCUT2D eigenvalue weighted by Crippen LogP contribution is -2.53. The van der Waals surface area contributed by atoms with E-state index in [1.807, 2.05) is 0 Å². The predicted octanol–water partition coefficient (Wildman–Crippen LogP) is 4.36. The minimum absolute atomic E-state index is 0.172. The lowest BCUT2D eigenvalue weighted by atomic mass is 10.0. The van der Waals surface area contributed by atoms with Crippen LogP contribution in [0, 0.1) is 0 Å². The van der Waals surface area contributed by atoms with Gasteiger partial charge in [0.1, 0.15) is 0 Å². The Morgan fingerprint density at radius 2 is 1.00 bits per heavy atom. The molecule has 0 saturated heterocycles. The van der Waals surface area contributed by atoms with E-state index in [1.165, 1.54) is 0 Å². The van der Waals surface area contributed by atoms with Gasteiger partial charge < -0.3 is 0 Å². The topological polar surface area (TPSA) is 0 Å². The molecule has 0 bridgehead atoms. The summed E-state index contributed by atoms with van der Waals surface area (Å²) in [6.45, 7) is 0. The molecule has 0 aliphatic heterocycles. The van der Waals surface area contributed by atoms with E-state index < -0.39 is 27.7 Å². The summed E-state index contributed by atoms with van der Waals surface area (Å²) in [5, 5.41) is 0. The fraction of sp³-hybridized carbons (Fsp3) is 0.600. The molecular weight excluding hydrogens is 358 g/mol. The Morgan fingerprint density at radius 3 is 1.07 bits per heavy atom. The molecule has 0 heterocycles. The molecule has 0 amide bonds. The molecule has 90 valence electrons. The number of hydrogen-bond donors (Lipinski definition) is 0. The van der Waals surface area contributed by atoms with Crippen LogP contribution in [-0.4, -0.2) is 18.0 Å². The van der Waals surface area contributed by atoms with Gasteiger partial charge in [-0.05, 0) is 22.6 Å². The molecule has 15 heavy (non-hydrogen) atoms. The van der Waals surface area contributed by atoms with E-state index in [4.69, 9.17) is 0 Å². The molecule has 0 saturated carbocycles. The van der Waals surface area contributed by atoms with Gasteiger partial charge in [-0.2, -0.15) is 30.7 Å². The Morgan fingerprint density at radius 1 is 0.733 bits per heavy atom. The maximum Gasteiger partial charge on any atom is 0.438 e. The molecule has 10 heteroatoms. The third-order valence-electron chi connectivity index (χ3n) is 1.25. The molecular formula is C5F9I. The van der Waals surface area contributed by atoms with Crippen molar-refractivity contribution < 1.29 is 39.5 Å². The van der Waals surface area contributed by atoms with Gasteiger partial charge in [-0.3, -0.25) is 0 Å². The van der Waals surface area contributed by atoms with Crippen molar-refractivity contribution in [1.29, 1.82) is 0 Å². The third kappa shape index (κ3) is 2.50. The standard InChI is InChI=1S/C5F9I/c6-1(2(7)15)3(8,4(9,10)11)5(12,13)14/b2-1+. The SMILES string of the molecule is F/C(I)=C(\F)C(F)(C(F)(F)F)C(F)(F)F. The lowest BCUT2D eigenvalue weighted by Gasteiger charge is -2.28. The van der Waals surface area contributed by atoms with Gasteiger partial charge in [-0.1, -0.05) is 0 Å². The Balaban J connectivity index is 5.77. The van der Waals surface area contributed by atoms with Crippen molar-refractivity contribution in [3.8, 4) is 0 Å². The second-order valence-electron chi connectivity index (χ2n) is 2.23. The van der Waals surface area contributed by atoms with E-state index >= 15 is 0 Å². The van der Waals surface area contributed by atoms with Crippen LogP contribution in [0.2, 0.25) is 0 Å². The van der Waals surface area contributed by atoms with Gasteiger partial charge in [0.15, 0.2) is 9.66 Å². The first kappa shape index (κ1) is 14.8. The van der Waals surface area contributed by atoms with Crippen LogP contribution in [0.4, 0.5) is 39.5 Å². The molecule has 0 aromatic rings. The first-order valence-corrected chi connectivity index (χ1v) is 3.97. The van der Waals surface area contributed by atoms with Crippen LogP contribution in [0.3, 0.4) is 0 Å². The Hall–Kier alpha value is -0.160. The van der Waals surface area contributed by atoms with Crippen LogP contribution < -0.4 is 0 Å². The van der Waals surface area contributed by atoms with E-state index in [0.717, 1.165) is 0 Å². The number of rotatable bonds is 1. The van der Waals surface area contributed by atoms with Crippen molar-refractivity contribution in [3.63, 3.8) is 0 Å². The summed E-state index contributed by atoms with van der Waals surface area (Å²) in [7, 11) is 0.